The minimum atomic E-state index is -1.04. The van der Waals surface area contributed by atoms with E-state index in [2.05, 4.69) is 9.98 Å². The molecule has 0 radical (unpaired) electrons. The van der Waals surface area contributed by atoms with Crippen molar-refractivity contribution < 1.29 is 20.1 Å². The number of phenolic OH excluding ortho intramolecular Hbond substituents is 2. The van der Waals surface area contributed by atoms with Crippen molar-refractivity contribution >= 4 is 22.6 Å². The van der Waals surface area contributed by atoms with Crippen molar-refractivity contribution in [3.8, 4) is 11.5 Å². The normalized spacial score (nSPS) is 13.1. The summed E-state index contributed by atoms with van der Waals surface area (Å²) in [5, 5.41) is 29.8. The quantitative estimate of drug-likeness (QED) is 0.536. The zero-order valence-corrected chi connectivity index (χ0v) is 13.6. The first kappa shape index (κ1) is 16.6. The Bertz CT molecular complexity index is 959. The van der Waals surface area contributed by atoms with Crippen LogP contribution in [0.15, 0.2) is 53.7 Å². The largest absolute Gasteiger partial charge is 0.508 e. The minimum absolute atomic E-state index is 0.0670. The maximum absolute atomic E-state index is 11.6. The van der Waals surface area contributed by atoms with Gasteiger partial charge in [0, 0.05) is 40.9 Å². The van der Waals surface area contributed by atoms with Gasteiger partial charge in [0.2, 0.25) is 0 Å². The number of fused-ring (bicyclic) bond motifs is 1. The molecule has 1 heterocycles. The Morgan fingerprint density at radius 1 is 1.20 bits per heavy atom. The number of phenols is 2. The number of carboxylic acid groups (broad SMARTS) is 1. The number of hydrogen-bond donors (Lipinski definition) is 4. The number of hydrogen-bond acceptors (Lipinski definition) is 4. The molecule has 0 aliphatic heterocycles. The first-order valence-electron chi connectivity index (χ1n) is 7.80. The molecule has 2 aromatic carbocycles. The molecule has 128 valence electrons. The number of rotatable bonds is 5. The van der Waals surface area contributed by atoms with Gasteiger partial charge >= 0.3 is 5.97 Å². The van der Waals surface area contributed by atoms with Crippen LogP contribution in [-0.4, -0.2) is 38.0 Å². The molecule has 0 amide bonds. The number of nitrogens with one attached hydrogen (secondary N) is 1. The van der Waals surface area contributed by atoms with Crippen molar-refractivity contribution in [1.82, 2.24) is 4.98 Å². The number of nitrogens with zero attached hydrogens (tertiary/aromatic N) is 1. The number of aliphatic imine (C=N–C) groups is 1. The van der Waals surface area contributed by atoms with E-state index in [-0.39, 0.29) is 17.9 Å². The van der Waals surface area contributed by atoms with E-state index in [0.29, 0.717) is 11.3 Å². The fourth-order valence-electron chi connectivity index (χ4n) is 2.83. The Labute approximate surface area is 144 Å². The van der Waals surface area contributed by atoms with E-state index < -0.39 is 12.0 Å². The molecular formula is C19H18N2O4. The van der Waals surface area contributed by atoms with Gasteiger partial charge in [0.1, 0.15) is 11.5 Å². The Morgan fingerprint density at radius 2 is 1.96 bits per heavy atom. The third-order valence-electron chi connectivity index (χ3n) is 4.09. The summed E-state index contributed by atoms with van der Waals surface area (Å²) >= 11 is 0. The molecule has 0 aliphatic rings. The van der Waals surface area contributed by atoms with Crippen LogP contribution in [0.1, 0.15) is 18.1 Å². The summed E-state index contributed by atoms with van der Waals surface area (Å²) in [5.74, 6) is -1.25. The van der Waals surface area contributed by atoms with Gasteiger partial charge in [-0.1, -0.05) is 18.2 Å². The summed E-state index contributed by atoms with van der Waals surface area (Å²) in [5.41, 5.74) is 2.60. The van der Waals surface area contributed by atoms with Gasteiger partial charge in [0.25, 0.3) is 0 Å². The average molecular weight is 338 g/mol. The summed E-state index contributed by atoms with van der Waals surface area (Å²) in [6.07, 6.45) is 2.03. The number of carboxylic acids is 1. The van der Waals surface area contributed by atoms with Crippen molar-refractivity contribution in [2.24, 2.45) is 4.99 Å². The molecule has 0 saturated carbocycles. The standard InChI is InChI=1S/C19H18N2O4/c1-11(14-7-6-13(22)9-18(14)23)21-17(19(24)25)8-12-10-20-16-5-3-2-4-15(12)16/h2-7,9-10,17,20,22-23H,8H2,1H3,(H,24,25)/b21-11+. The van der Waals surface area contributed by atoms with Gasteiger partial charge in [0.15, 0.2) is 6.04 Å². The van der Waals surface area contributed by atoms with E-state index >= 15 is 0 Å². The summed E-state index contributed by atoms with van der Waals surface area (Å²) in [7, 11) is 0. The molecule has 25 heavy (non-hydrogen) atoms. The predicted molar refractivity (Wildman–Crippen MR) is 95.4 cm³/mol. The maximum Gasteiger partial charge on any atom is 0.328 e. The van der Waals surface area contributed by atoms with Crippen molar-refractivity contribution in [2.45, 2.75) is 19.4 Å². The van der Waals surface area contributed by atoms with Crippen molar-refractivity contribution in [1.29, 1.82) is 0 Å². The molecule has 0 aliphatic carbocycles. The lowest BCUT2D eigenvalue weighted by Crippen LogP contribution is -2.22. The Balaban J connectivity index is 1.92. The number of carbonyl (C=O) groups is 1. The maximum atomic E-state index is 11.6. The van der Waals surface area contributed by atoms with E-state index in [0.717, 1.165) is 16.5 Å². The number of aromatic hydroxyl groups is 2. The molecule has 0 spiro atoms. The Kier molecular flexibility index (Phi) is 4.43. The first-order valence-corrected chi connectivity index (χ1v) is 7.80. The summed E-state index contributed by atoms with van der Waals surface area (Å²) in [6, 6.07) is 10.8. The Hall–Kier alpha value is -3.28. The second-order valence-corrected chi connectivity index (χ2v) is 5.83. The van der Waals surface area contributed by atoms with Crippen LogP contribution in [0.3, 0.4) is 0 Å². The average Bonchev–Trinajstić information content (AvgIpc) is 2.97. The topological polar surface area (TPSA) is 106 Å². The van der Waals surface area contributed by atoms with Gasteiger partial charge < -0.3 is 20.3 Å². The van der Waals surface area contributed by atoms with Crippen LogP contribution in [0, 0.1) is 0 Å². The van der Waals surface area contributed by atoms with Crippen LogP contribution in [0.4, 0.5) is 0 Å². The minimum Gasteiger partial charge on any atom is -0.508 e. The van der Waals surface area contributed by atoms with Crippen LogP contribution < -0.4 is 0 Å². The van der Waals surface area contributed by atoms with Crippen LogP contribution in [-0.2, 0) is 11.2 Å². The fourth-order valence-corrected chi connectivity index (χ4v) is 2.83. The summed E-state index contributed by atoms with van der Waals surface area (Å²) in [4.78, 5) is 19.1. The van der Waals surface area contributed by atoms with Crippen LogP contribution in [0.2, 0.25) is 0 Å². The lowest BCUT2D eigenvalue weighted by atomic mass is 10.0. The molecular weight excluding hydrogens is 320 g/mol. The highest BCUT2D eigenvalue weighted by molar-refractivity contribution is 6.02. The van der Waals surface area contributed by atoms with Gasteiger partial charge in [-0.3, -0.25) is 4.99 Å². The van der Waals surface area contributed by atoms with E-state index in [1.807, 2.05) is 24.3 Å². The number of H-pyrrole nitrogens is 1. The van der Waals surface area contributed by atoms with Crippen molar-refractivity contribution in [3.63, 3.8) is 0 Å². The fraction of sp³-hybridized carbons (Fsp3) is 0.158. The monoisotopic (exact) mass is 338 g/mol. The van der Waals surface area contributed by atoms with E-state index in [4.69, 9.17) is 0 Å². The van der Waals surface area contributed by atoms with Crippen LogP contribution in [0.25, 0.3) is 10.9 Å². The van der Waals surface area contributed by atoms with Crippen LogP contribution in [0.5, 0.6) is 11.5 Å². The zero-order chi connectivity index (χ0) is 18.0. The first-order chi connectivity index (χ1) is 12.0. The van der Waals surface area contributed by atoms with E-state index in [1.54, 1.807) is 13.1 Å². The molecule has 6 nitrogen and oxygen atoms in total. The predicted octanol–water partition coefficient (Wildman–Crippen LogP) is 3.08. The van der Waals surface area contributed by atoms with Gasteiger partial charge in [0.05, 0.1) is 0 Å². The summed E-state index contributed by atoms with van der Waals surface area (Å²) < 4.78 is 0. The SMILES string of the molecule is C/C(=N\C(Cc1c[nH]c2ccccc12)C(=O)O)c1ccc(O)cc1O. The molecule has 1 unspecified atom stereocenters. The highest BCUT2D eigenvalue weighted by Gasteiger charge is 2.20. The molecule has 3 rings (SSSR count). The van der Waals surface area contributed by atoms with E-state index in [1.165, 1.54) is 18.2 Å². The van der Waals surface area contributed by atoms with Crippen molar-refractivity contribution in [3.05, 3.63) is 59.8 Å². The summed E-state index contributed by atoms with van der Waals surface area (Å²) in [6.45, 7) is 1.64. The van der Waals surface area contributed by atoms with E-state index in [9.17, 15) is 20.1 Å². The lowest BCUT2D eigenvalue weighted by Gasteiger charge is -2.10. The third kappa shape index (κ3) is 3.47. The Morgan fingerprint density at radius 3 is 2.68 bits per heavy atom. The van der Waals surface area contributed by atoms with Gasteiger partial charge in [-0.15, -0.1) is 0 Å². The third-order valence-corrected chi connectivity index (χ3v) is 4.09. The molecule has 0 bridgehead atoms. The highest BCUT2D eigenvalue weighted by atomic mass is 16.4. The highest BCUT2D eigenvalue weighted by Crippen LogP contribution is 2.24. The molecule has 0 fully saturated rings. The number of aliphatic carboxylic acids is 1. The van der Waals surface area contributed by atoms with Gasteiger partial charge in [-0.05, 0) is 30.7 Å². The molecule has 0 saturated heterocycles. The zero-order valence-electron chi connectivity index (χ0n) is 13.6. The second kappa shape index (κ2) is 6.68. The second-order valence-electron chi connectivity index (χ2n) is 5.83. The number of benzene rings is 2. The van der Waals surface area contributed by atoms with Gasteiger partial charge in [-0.2, -0.15) is 0 Å². The number of aromatic amines is 1. The van der Waals surface area contributed by atoms with Crippen LogP contribution >= 0.6 is 0 Å². The number of para-hydroxylation sites is 1. The van der Waals surface area contributed by atoms with Crippen molar-refractivity contribution in [2.75, 3.05) is 0 Å². The molecule has 1 atom stereocenters. The molecule has 6 heteroatoms. The molecule has 3 aromatic rings. The molecule has 1 aromatic heterocycles. The molecule has 4 N–H and O–H groups in total. The number of aromatic nitrogens is 1. The lowest BCUT2D eigenvalue weighted by molar-refractivity contribution is -0.138. The van der Waals surface area contributed by atoms with Gasteiger partial charge in [-0.25, -0.2) is 4.79 Å². The smallest absolute Gasteiger partial charge is 0.328 e.